The molecule has 5 N–H and O–H groups in total. The summed E-state index contributed by atoms with van der Waals surface area (Å²) in [7, 11) is -3.77. The summed E-state index contributed by atoms with van der Waals surface area (Å²) in [5.74, 6) is 6.31. The molecule has 1 heterocycles. The van der Waals surface area contributed by atoms with E-state index in [9.17, 15) is 13.2 Å². The summed E-state index contributed by atoms with van der Waals surface area (Å²) in [6.45, 7) is 1.97. The quantitative estimate of drug-likeness (QED) is 0.404. The maximum absolute atomic E-state index is 12.1. The SMILES string of the molecule is Cc1cccc(-c2nnc(SCC(=O)Nc3ccc(S(N)(=O)=O)cc3)n2N)c1. The Kier molecular flexibility index (Phi) is 5.68. The summed E-state index contributed by atoms with van der Waals surface area (Å²) in [6, 6.07) is 13.3. The molecule has 0 aliphatic carbocycles. The molecule has 3 rings (SSSR count). The Morgan fingerprint density at radius 2 is 1.89 bits per heavy atom. The third-order valence-corrected chi connectivity index (χ3v) is 5.61. The van der Waals surface area contributed by atoms with E-state index in [4.69, 9.17) is 11.0 Å². The minimum absolute atomic E-state index is 0.0280. The number of benzene rings is 2. The van der Waals surface area contributed by atoms with Gasteiger partial charge in [-0.3, -0.25) is 4.79 Å². The molecule has 1 aromatic heterocycles. The predicted molar refractivity (Wildman–Crippen MR) is 108 cm³/mol. The molecule has 0 saturated heterocycles. The number of nitrogen functional groups attached to an aromatic ring is 1. The third kappa shape index (κ3) is 4.68. The highest BCUT2D eigenvalue weighted by Gasteiger charge is 2.14. The summed E-state index contributed by atoms with van der Waals surface area (Å²) in [6.07, 6.45) is 0. The average molecular weight is 419 g/mol. The predicted octanol–water partition coefficient (Wildman–Crippen LogP) is 1.35. The van der Waals surface area contributed by atoms with E-state index in [0.29, 0.717) is 16.7 Å². The number of thioether (sulfide) groups is 1. The smallest absolute Gasteiger partial charge is 0.238 e. The van der Waals surface area contributed by atoms with Crippen LogP contribution in [-0.2, 0) is 14.8 Å². The van der Waals surface area contributed by atoms with Crippen LogP contribution in [0.1, 0.15) is 5.56 Å². The van der Waals surface area contributed by atoms with Gasteiger partial charge in [-0.1, -0.05) is 35.5 Å². The van der Waals surface area contributed by atoms with Crippen molar-refractivity contribution in [3.05, 3.63) is 54.1 Å². The fraction of sp³-hybridized carbons (Fsp3) is 0.118. The lowest BCUT2D eigenvalue weighted by Gasteiger charge is -2.06. The fourth-order valence-corrected chi connectivity index (χ4v) is 3.58. The van der Waals surface area contributed by atoms with Gasteiger partial charge in [-0.05, 0) is 37.3 Å². The molecule has 0 radical (unpaired) electrons. The number of sulfonamides is 1. The molecule has 0 spiro atoms. The molecule has 0 bridgehead atoms. The van der Waals surface area contributed by atoms with Crippen molar-refractivity contribution < 1.29 is 13.2 Å². The molecule has 146 valence electrons. The molecule has 0 saturated carbocycles. The number of nitrogens with two attached hydrogens (primary N) is 2. The normalized spacial score (nSPS) is 11.4. The van der Waals surface area contributed by atoms with Gasteiger partial charge in [0.25, 0.3) is 0 Å². The number of aromatic nitrogens is 3. The standard InChI is InChI=1S/C17H18N6O3S2/c1-11-3-2-4-12(9-11)16-21-22-17(23(16)18)27-10-15(24)20-13-5-7-14(8-6-13)28(19,25)26/h2-9H,10,18H2,1H3,(H,20,24)(H2,19,25,26). The fourth-order valence-electron chi connectivity index (χ4n) is 2.41. The number of aryl methyl sites for hydroxylation is 1. The van der Waals surface area contributed by atoms with Crippen molar-refractivity contribution in [3.63, 3.8) is 0 Å². The molecule has 11 heteroatoms. The van der Waals surface area contributed by atoms with Crippen LogP contribution in [0, 0.1) is 6.92 Å². The number of anilines is 1. The molecule has 0 unspecified atom stereocenters. The van der Waals surface area contributed by atoms with E-state index in [1.54, 1.807) is 0 Å². The Morgan fingerprint density at radius 3 is 2.54 bits per heavy atom. The van der Waals surface area contributed by atoms with Gasteiger partial charge in [0.15, 0.2) is 5.82 Å². The summed E-state index contributed by atoms with van der Waals surface area (Å²) in [4.78, 5) is 12.1. The van der Waals surface area contributed by atoms with Gasteiger partial charge in [0.1, 0.15) is 0 Å². The van der Waals surface area contributed by atoms with Gasteiger partial charge in [-0.15, -0.1) is 10.2 Å². The summed E-state index contributed by atoms with van der Waals surface area (Å²) in [5.41, 5.74) is 2.36. The van der Waals surface area contributed by atoms with Crippen molar-refractivity contribution in [3.8, 4) is 11.4 Å². The Hall–Kier alpha value is -2.89. The van der Waals surface area contributed by atoms with E-state index in [2.05, 4.69) is 15.5 Å². The third-order valence-electron chi connectivity index (χ3n) is 3.74. The first-order valence-electron chi connectivity index (χ1n) is 8.07. The van der Waals surface area contributed by atoms with E-state index in [1.807, 2.05) is 31.2 Å². The van der Waals surface area contributed by atoms with Gasteiger partial charge in [-0.2, -0.15) is 0 Å². The Balaban J connectivity index is 1.62. The summed E-state index contributed by atoms with van der Waals surface area (Å²) in [5, 5.41) is 16.2. The van der Waals surface area contributed by atoms with E-state index in [-0.39, 0.29) is 16.6 Å². The number of nitrogens with zero attached hydrogens (tertiary/aromatic N) is 3. The van der Waals surface area contributed by atoms with Crippen LogP contribution < -0.4 is 16.3 Å². The monoisotopic (exact) mass is 418 g/mol. The van der Waals surface area contributed by atoms with Gasteiger partial charge >= 0.3 is 0 Å². The molecule has 2 aromatic carbocycles. The number of hydrogen-bond acceptors (Lipinski definition) is 7. The highest BCUT2D eigenvalue weighted by molar-refractivity contribution is 7.99. The Morgan fingerprint density at radius 1 is 1.18 bits per heavy atom. The summed E-state index contributed by atoms with van der Waals surface area (Å²) >= 11 is 1.14. The van der Waals surface area contributed by atoms with Crippen molar-refractivity contribution in [1.82, 2.24) is 14.9 Å². The molecule has 3 aromatic rings. The molecule has 28 heavy (non-hydrogen) atoms. The lowest BCUT2D eigenvalue weighted by atomic mass is 10.1. The highest BCUT2D eigenvalue weighted by atomic mass is 32.2. The Bertz CT molecular complexity index is 1110. The molecule has 9 nitrogen and oxygen atoms in total. The van der Waals surface area contributed by atoms with Crippen molar-refractivity contribution >= 4 is 33.4 Å². The molecule has 1 amide bonds. The maximum Gasteiger partial charge on any atom is 0.238 e. The molecular formula is C17H18N6O3S2. The highest BCUT2D eigenvalue weighted by Crippen LogP contribution is 2.22. The largest absolute Gasteiger partial charge is 0.335 e. The van der Waals surface area contributed by atoms with Gasteiger partial charge in [0, 0.05) is 11.3 Å². The van der Waals surface area contributed by atoms with E-state index in [0.717, 1.165) is 22.9 Å². The molecular weight excluding hydrogens is 400 g/mol. The zero-order valence-corrected chi connectivity index (χ0v) is 16.5. The van der Waals surface area contributed by atoms with Crippen LogP contribution in [0.3, 0.4) is 0 Å². The van der Waals surface area contributed by atoms with Crippen molar-refractivity contribution in [2.24, 2.45) is 5.14 Å². The van der Waals surface area contributed by atoms with E-state index < -0.39 is 10.0 Å². The molecule has 0 atom stereocenters. The molecule has 0 fully saturated rings. The number of carbonyl (C=O) groups is 1. The number of carbonyl (C=O) groups excluding carboxylic acids is 1. The molecule has 0 aliphatic heterocycles. The minimum atomic E-state index is -3.77. The first-order chi connectivity index (χ1) is 13.2. The van der Waals surface area contributed by atoms with Crippen LogP contribution >= 0.6 is 11.8 Å². The van der Waals surface area contributed by atoms with Crippen LogP contribution in [0.2, 0.25) is 0 Å². The molecule has 0 aliphatic rings. The average Bonchev–Trinajstić information content (AvgIpc) is 3.00. The first kappa shape index (κ1) is 19.9. The van der Waals surface area contributed by atoms with Crippen LogP contribution in [0.5, 0.6) is 0 Å². The number of amides is 1. The lowest BCUT2D eigenvalue weighted by molar-refractivity contribution is -0.113. The van der Waals surface area contributed by atoms with Crippen LogP contribution in [0.4, 0.5) is 5.69 Å². The van der Waals surface area contributed by atoms with Crippen molar-refractivity contribution in [2.45, 2.75) is 17.0 Å². The summed E-state index contributed by atoms with van der Waals surface area (Å²) < 4.78 is 23.8. The number of hydrogen-bond donors (Lipinski definition) is 3. The number of nitrogens with one attached hydrogen (secondary N) is 1. The van der Waals surface area contributed by atoms with Gasteiger partial charge in [0.05, 0.1) is 10.6 Å². The Labute approximate surface area is 166 Å². The topological polar surface area (TPSA) is 146 Å². The van der Waals surface area contributed by atoms with Crippen LogP contribution in [0.25, 0.3) is 11.4 Å². The van der Waals surface area contributed by atoms with E-state index >= 15 is 0 Å². The van der Waals surface area contributed by atoms with Crippen LogP contribution in [0.15, 0.2) is 58.6 Å². The second-order valence-electron chi connectivity index (χ2n) is 5.95. The second kappa shape index (κ2) is 8.00. The van der Waals surface area contributed by atoms with Crippen LogP contribution in [-0.4, -0.2) is 35.0 Å². The second-order valence-corrected chi connectivity index (χ2v) is 8.46. The van der Waals surface area contributed by atoms with Crippen molar-refractivity contribution in [2.75, 3.05) is 16.9 Å². The number of primary sulfonamides is 1. The van der Waals surface area contributed by atoms with Gasteiger partial charge in [-0.25, -0.2) is 18.2 Å². The zero-order chi connectivity index (χ0) is 20.3. The van der Waals surface area contributed by atoms with Gasteiger partial charge < -0.3 is 11.2 Å². The first-order valence-corrected chi connectivity index (χ1v) is 10.6. The zero-order valence-electron chi connectivity index (χ0n) is 14.9. The van der Waals surface area contributed by atoms with E-state index in [1.165, 1.54) is 28.9 Å². The van der Waals surface area contributed by atoms with Gasteiger partial charge in [0.2, 0.25) is 21.1 Å². The van der Waals surface area contributed by atoms with Crippen molar-refractivity contribution in [1.29, 1.82) is 0 Å². The lowest BCUT2D eigenvalue weighted by Crippen LogP contribution is -2.17. The minimum Gasteiger partial charge on any atom is -0.335 e. The maximum atomic E-state index is 12.1. The number of rotatable bonds is 6.